The molecule has 0 radical (unpaired) electrons. The van der Waals surface area contributed by atoms with Gasteiger partial charge in [0.15, 0.2) is 5.96 Å². The van der Waals surface area contributed by atoms with E-state index < -0.39 is 0 Å². The number of hydrogen-bond donors (Lipinski definition) is 2. The number of halogens is 1. The normalized spacial score (nSPS) is 11.2. The molecule has 1 aromatic rings. The van der Waals surface area contributed by atoms with E-state index in [1.165, 1.54) is 11.1 Å². The third-order valence-corrected chi connectivity index (χ3v) is 3.76. The Hall–Kier alpha value is -1.06. The lowest BCUT2D eigenvalue weighted by atomic mass is 10.1. The highest BCUT2D eigenvalue weighted by Crippen LogP contribution is 2.15. The number of methoxy groups -OCH3 is 1. The van der Waals surface area contributed by atoms with Crippen molar-refractivity contribution in [3.63, 3.8) is 0 Å². The number of nitrogens with one attached hydrogen (secondary N) is 2. The molecule has 0 saturated carbocycles. The molecule has 0 aliphatic carbocycles. The maximum Gasteiger partial charge on any atom is 0.191 e. The van der Waals surface area contributed by atoms with Crippen LogP contribution in [0.3, 0.4) is 0 Å². The Balaban J connectivity index is 0.00000625. The van der Waals surface area contributed by atoms with E-state index >= 15 is 0 Å². The van der Waals surface area contributed by atoms with E-state index in [0.717, 1.165) is 44.4 Å². The SMILES string of the molecule is CN=C(NCCOc1cc(C)cc(C)c1)NCCN(C)CCCOC.I. The lowest BCUT2D eigenvalue weighted by molar-refractivity contribution is 0.180. The molecule has 0 aromatic heterocycles. The first-order valence-electron chi connectivity index (χ1n) is 8.88. The summed E-state index contributed by atoms with van der Waals surface area (Å²) in [6.45, 7) is 9.11. The van der Waals surface area contributed by atoms with Crippen molar-refractivity contribution in [2.45, 2.75) is 20.3 Å². The van der Waals surface area contributed by atoms with Crippen molar-refractivity contribution in [3.8, 4) is 5.75 Å². The molecule has 26 heavy (non-hydrogen) atoms. The summed E-state index contributed by atoms with van der Waals surface area (Å²) >= 11 is 0. The fraction of sp³-hybridized carbons (Fsp3) is 0.632. The van der Waals surface area contributed by atoms with E-state index in [1.807, 2.05) is 0 Å². The van der Waals surface area contributed by atoms with Gasteiger partial charge in [0.05, 0.1) is 6.54 Å². The molecular weight excluding hydrogens is 443 g/mol. The van der Waals surface area contributed by atoms with Crippen molar-refractivity contribution in [2.24, 2.45) is 4.99 Å². The van der Waals surface area contributed by atoms with Crippen LogP contribution in [0.2, 0.25) is 0 Å². The van der Waals surface area contributed by atoms with Crippen LogP contribution in [0.25, 0.3) is 0 Å². The minimum absolute atomic E-state index is 0. The Kier molecular flexibility index (Phi) is 14.4. The predicted molar refractivity (Wildman–Crippen MR) is 120 cm³/mol. The van der Waals surface area contributed by atoms with Crippen molar-refractivity contribution in [2.75, 3.05) is 60.6 Å². The van der Waals surface area contributed by atoms with Gasteiger partial charge in [0.25, 0.3) is 0 Å². The van der Waals surface area contributed by atoms with E-state index in [4.69, 9.17) is 9.47 Å². The van der Waals surface area contributed by atoms with Crippen molar-refractivity contribution in [3.05, 3.63) is 29.3 Å². The lowest BCUT2D eigenvalue weighted by Gasteiger charge is -2.18. The van der Waals surface area contributed by atoms with Crippen LogP contribution in [0.4, 0.5) is 0 Å². The first-order valence-corrected chi connectivity index (χ1v) is 8.88. The number of nitrogens with zero attached hydrogens (tertiary/aromatic N) is 2. The third kappa shape index (κ3) is 11.5. The Morgan fingerprint density at radius 3 is 2.31 bits per heavy atom. The predicted octanol–water partition coefficient (Wildman–Crippen LogP) is 2.43. The zero-order chi connectivity index (χ0) is 18.5. The Bertz CT molecular complexity index is 506. The van der Waals surface area contributed by atoms with Crippen LogP contribution in [-0.2, 0) is 4.74 Å². The maximum atomic E-state index is 5.79. The first kappa shape index (κ1) is 24.9. The summed E-state index contributed by atoms with van der Waals surface area (Å²) in [5.41, 5.74) is 2.44. The lowest BCUT2D eigenvalue weighted by Crippen LogP contribution is -2.42. The second-order valence-corrected chi connectivity index (χ2v) is 6.25. The summed E-state index contributed by atoms with van der Waals surface area (Å²) in [6, 6.07) is 6.25. The van der Waals surface area contributed by atoms with Gasteiger partial charge in [-0.2, -0.15) is 0 Å². The molecule has 0 aliphatic heterocycles. The number of aryl methyl sites for hydroxylation is 2. The highest BCUT2D eigenvalue weighted by Gasteiger charge is 2.01. The van der Waals surface area contributed by atoms with Crippen molar-refractivity contribution in [1.82, 2.24) is 15.5 Å². The summed E-state index contributed by atoms with van der Waals surface area (Å²) in [7, 11) is 5.63. The summed E-state index contributed by atoms with van der Waals surface area (Å²) in [6.07, 6.45) is 1.05. The second-order valence-electron chi connectivity index (χ2n) is 6.25. The second kappa shape index (κ2) is 15.0. The van der Waals surface area contributed by atoms with E-state index in [2.05, 4.69) is 59.6 Å². The van der Waals surface area contributed by atoms with Gasteiger partial charge in [-0.3, -0.25) is 4.99 Å². The fourth-order valence-electron chi connectivity index (χ4n) is 2.53. The fourth-order valence-corrected chi connectivity index (χ4v) is 2.53. The molecular formula is C19H35IN4O2. The molecule has 0 bridgehead atoms. The zero-order valence-corrected chi connectivity index (χ0v) is 19.1. The van der Waals surface area contributed by atoms with Gasteiger partial charge in [0, 0.05) is 40.4 Å². The van der Waals surface area contributed by atoms with Crippen molar-refractivity contribution < 1.29 is 9.47 Å². The van der Waals surface area contributed by atoms with Crippen LogP contribution in [0, 0.1) is 13.8 Å². The van der Waals surface area contributed by atoms with E-state index in [-0.39, 0.29) is 24.0 Å². The molecule has 1 aromatic carbocycles. The summed E-state index contributed by atoms with van der Waals surface area (Å²) < 4.78 is 10.9. The topological polar surface area (TPSA) is 58.1 Å². The molecule has 1 rings (SSSR count). The quantitative estimate of drug-likeness (QED) is 0.222. The number of ether oxygens (including phenoxy) is 2. The number of aliphatic imine (C=N–C) groups is 1. The number of likely N-dealkylation sites (N-methyl/N-ethyl adjacent to an activating group) is 1. The zero-order valence-electron chi connectivity index (χ0n) is 16.8. The Morgan fingerprint density at radius 2 is 1.69 bits per heavy atom. The van der Waals surface area contributed by atoms with Gasteiger partial charge < -0.3 is 25.0 Å². The third-order valence-electron chi connectivity index (χ3n) is 3.76. The largest absolute Gasteiger partial charge is 0.492 e. The van der Waals surface area contributed by atoms with Gasteiger partial charge in [-0.15, -0.1) is 24.0 Å². The summed E-state index contributed by atoms with van der Waals surface area (Å²) in [5, 5.41) is 6.59. The van der Waals surface area contributed by atoms with Crippen molar-refractivity contribution >= 4 is 29.9 Å². The average molecular weight is 478 g/mol. The molecule has 0 amide bonds. The van der Waals surface area contributed by atoms with Crippen LogP contribution in [0.1, 0.15) is 17.5 Å². The van der Waals surface area contributed by atoms with Gasteiger partial charge in [-0.25, -0.2) is 0 Å². The highest BCUT2D eigenvalue weighted by atomic mass is 127. The molecule has 0 aliphatic rings. The van der Waals surface area contributed by atoms with Gasteiger partial charge >= 0.3 is 0 Å². The van der Waals surface area contributed by atoms with Crippen molar-refractivity contribution in [1.29, 1.82) is 0 Å². The molecule has 0 heterocycles. The molecule has 0 spiro atoms. The van der Waals surface area contributed by atoms with E-state index in [9.17, 15) is 0 Å². The minimum atomic E-state index is 0. The number of benzene rings is 1. The minimum Gasteiger partial charge on any atom is -0.492 e. The van der Waals surface area contributed by atoms with Gasteiger partial charge in [-0.1, -0.05) is 6.07 Å². The van der Waals surface area contributed by atoms with Crippen LogP contribution in [-0.4, -0.2) is 71.5 Å². The Morgan fingerprint density at radius 1 is 1.04 bits per heavy atom. The highest BCUT2D eigenvalue weighted by molar-refractivity contribution is 14.0. The summed E-state index contributed by atoms with van der Waals surface area (Å²) in [4.78, 5) is 6.51. The standard InChI is InChI=1S/C19H34N4O2.HI/c1-16-13-17(2)15-18(14-16)25-12-8-22-19(20-3)21-7-10-23(4)9-6-11-24-5;/h13-15H,6-12H2,1-5H3,(H2,20,21,22);1H. The first-order chi connectivity index (χ1) is 12.0. The van der Waals surface area contributed by atoms with Crippen LogP contribution < -0.4 is 15.4 Å². The molecule has 0 saturated heterocycles. The monoisotopic (exact) mass is 478 g/mol. The smallest absolute Gasteiger partial charge is 0.191 e. The van der Waals surface area contributed by atoms with E-state index in [1.54, 1.807) is 14.2 Å². The molecule has 6 nitrogen and oxygen atoms in total. The number of hydrogen-bond acceptors (Lipinski definition) is 4. The van der Waals surface area contributed by atoms with Gasteiger partial charge in [-0.05, 0) is 50.6 Å². The van der Waals surface area contributed by atoms with Crippen LogP contribution >= 0.6 is 24.0 Å². The molecule has 150 valence electrons. The van der Waals surface area contributed by atoms with Gasteiger partial charge in [0.2, 0.25) is 0 Å². The summed E-state index contributed by atoms with van der Waals surface area (Å²) in [5.74, 6) is 1.72. The maximum absolute atomic E-state index is 5.79. The number of rotatable bonds is 11. The molecule has 0 fully saturated rings. The van der Waals surface area contributed by atoms with Crippen LogP contribution in [0.5, 0.6) is 5.75 Å². The molecule has 0 atom stereocenters. The average Bonchev–Trinajstić information content (AvgIpc) is 2.56. The number of guanidine groups is 1. The van der Waals surface area contributed by atoms with E-state index in [0.29, 0.717) is 13.2 Å². The molecule has 2 N–H and O–H groups in total. The van der Waals surface area contributed by atoms with Gasteiger partial charge in [0.1, 0.15) is 12.4 Å². The molecule has 0 unspecified atom stereocenters. The van der Waals surface area contributed by atoms with Crippen LogP contribution in [0.15, 0.2) is 23.2 Å². The molecule has 7 heteroatoms. The Labute approximate surface area is 175 Å².